The normalized spacial score (nSPS) is 9.52. The van der Waals surface area contributed by atoms with Gasteiger partial charge in [0.25, 0.3) is 11.6 Å². The first-order valence-electron chi connectivity index (χ1n) is 5.97. The van der Waals surface area contributed by atoms with Crippen LogP contribution in [0.3, 0.4) is 0 Å². The van der Waals surface area contributed by atoms with Crippen molar-refractivity contribution in [3.05, 3.63) is 50.9 Å². The molecule has 8 heteroatoms. The van der Waals surface area contributed by atoms with E-state index in [4.69, 9.17) is 11.3 Å². The lowest BCUT2D eigenvalue weighted by atomic mass is 10.1. The van der Waals surface area contributed by atoms with E-state index >= 15 is 0 Å². The Morgan fingerprint density at radius 1 is 1.48 bits per heavy atom. The number of nitrogens with zero attached hydrogens (tertiary/aromatic N) is 2. The first-order chi connectivity index (χ1) is 9.99. The van der Waals surface area contributed by atoms with Crippen molar-refractivity contribution in [3.8, 4) is 0 Å². The number of hydrogen-bond acceptors (Lipinski definition) is 5. The highest BCUT2D eigenvalue weighted by Gasteiger charge is 2.18. The molecule has 1 rings (SSSR count). The van der Waals surface area contributed by atoms with Gasteiger partial charge in [0, 0.05) is 18.7 Å². The quantitative estimate of drug-likeness (QED) is 0.368. The zero-order chi connectivity index (χ0) is 15.8. The molecule has 0 aliphatic carbocycles. The van der Waals surface area contributed by atoms with Crippen molar-refractivity contribution in [2.75, 3.05) is 13.6 Å². The van der Waals surface area contributed by atoms with Crippen LogP contribution in [0.4, 0.5) is 5.69 Å². The Kier molecular flexibility index (Phi) is 5.82. The molecule has 0 aliphatic heterocycles. The number of nitrogens with one attached hydrogen (secondary N) is 1. The van der Waals surface area contributed by atoms with Crippen molar-refractivity contribution >= 4 is 17.6 Å². The summed E-state index contributed by atoms with van der Waals surface area (Å²) in [7, 11) is 1.42. The predicted octanol–water partition coefficient (Wildman–Crippen LogP) is 1.31. The van der Waals surface area contributed by atoms with Crippen LogP contribution in [0.2, 0.25) is 0 Å². The van der Waals surface area contributed by atoms with Gasteiger partial charge in [-0.2, -0.15) is 0 Å². The molecule has 1 amide bonds. The van der Waals surface area contributed by atoms with Crippen molar-refractivity contribution in [3.63, 3.8) is 0 Å². The van der Waals surface area contributed by atoms with Gasteiger partial charge in [0.1, 0.15) is 13.0 Å². The van der Waals surface area contributed by atoms with Gasteiger partial charge in [-0.25, -0.2) is 6.57 Å². The average Bonchev–Trinajstić information content (AvgIpc) is 2.49. The van der Waals surface area contributed by atoms with Crippen LogP contribution in [0.15, 0.2) is 18.2 Å². The number of benzene rings is 1. The highest BCUT2D eigenvalue weighted by atomic mass is 16.6. The Labute approximate surface area is 120 Å². The van der Waals surface area contributed by atoms with Gasteiger partial charge in [0.15, 0.2) is 0 Å². The van der Waals surface area contributed by atoms with Gasteiger partial charge in [0.2, 0.25) is 6.54 Å². The zero-order valence-corrected chi connectivity index (χ0v) is 11.3. The summed E-state index contributed by atoms with van der Waals surface area (Å²) >= 11 is 0. The summed E-state index contributed by atoms with van der Waals surface area (Å²) in [6, 6.07) is 3.90. The maximum absolute atomic E-state index is 11.4. The average molecular weight is 291 g/mol. The van der Waals surface area contributed by atoms with Crippen LogP contribution in [-0.4, -0.2) is 30.4 Å². The van der Waals surface area contributed by atoms with Crippen molar-refractivity contribution in [2.45, 2.75) is 13.0 Å². The van der Waals surface area contributed by atoms with E-state index in [2.05, 4.69) is 10.2 Å². The zero-order valence-electron chi connectivity index (χ0n) is 11.3. The molecule has 8 nitrogen and oxygen atoms in total. The Balaban J connectivity index is 2.87. The number of nitro benzene ring substituents is 1. The smallest absolute Gasteiger partial charge is 0.313 e. The molecule has 0 unspecified atom stereocenters. The highest BCUT2D eigenvalue weighted by Crippen LogP contribution is 2.21. The number of esters is 1. The molecule has 1 N–H and O–H groups in total. The summed E-state index contributed by atoms with van der Waals surface area (Å²) in [6.45, 7) is 6.29. The lowest BCUT2D eigenvalue weighted by Crippen LogP contribution is -2.18. The summed E-state index contributed by atoms with van der Waals surface area (Å²) in [5.41, 5.74) is 0.0326. The summed E-state index contributed by atoms with van der Waals surface area (Å²) in [5.74, 6) is -1.05. The third-order valence-electron chi connectivity index (χ3n) is 2.59. The van der Waals surface area contributed by atoms with E-state index in [1.54, 1.807) is 0 Å². The highest BCUT2D eigenvalue weighted by molar-refractivity contribution is 5.94. The van der Waals surface area contributed by atoms with Crippen LogP contribution in [-0.2, 0) is 16.1 Å². The maximum Gasteiger partial charge on any atom is 0.313 e. The minimum Gasteiger partial charge on any atom is -0.460 e. The van der Waals surface area contributed by atoms with Gasteiger partial charge in [-0.05, 0) is 12.1 Å². The van der Waals surface area contributed by atoms with Gasteiger partial charge in [-0.15, -0.1) is 0 Å². The van der Waals surface area contributed by atoms with E-state index in [9.17, 15) is 19.7 Å². The maximum atomic E-state index is 11.4. The number of amides is 1. The Bertz CT molecular complexity index is 606. The summed E-state index contributed by atoms with van der Waals surface area (Å²) in [4.78, 5) is 36.1. The lowest BCUT2D eigenvalue weighted by molar-refractivity contribution is -0.385. The topological polar surface area (TPSA) is 103 Å². The number of carbonyl (C=O) groups is 2. The largest absolute Gasteiger partial charge is 0.460 e. The third kappa shape index (κ3) is 4.58. The van der Waals surface area contributed by atoms with Gasteiger partial charge < -0.3 is 14.9 Å². The van der Waals surface area contributed by atoms with Crippen LogP contribution in [0, 0.1) is 16.7 Å². The molecule has 0 heterocycles. The van der Waals surface area contributed by atoms with Crippen molar-refractivity contribution in [1.29, 1.82) is 0 Å². The van der Waals surface area contributed by atoms with Crippen molar-refractivity contribution in [1.82, 2.24) is 5.32 Å². The fourth-order valence-corrected chi connectivity index (χ4v) is 1.52. The number of rotatable bonds is 6. The molecule has 110 valence electrons. The number of ether oxygens (including phenoxy) is 1. The first kappa shape index (κ1) is 16.1. The second-order valence-electron chi connectivity index (χ2n) is 3.97. The summed E-state index contributed by atoms with van der Waals surface area (Å²) in [5, 5.41) is 13.4. The predicted molar refractivity (Wildman–Crippen MR) is 72.4 cm³/mol. The second kappa shape index (κ2) is 7.59. The van der Waals surface area contributed by atoms with Gasteiger partial charge in [-0.1, -0.05) is 0 Å². The van der Waals surface area contributed by atoms with Gasteiger partial charge in [0.05, 0.1) is 10.5 Å². The van der Waals surface area contributed by atoms with Crippen LogP contribution in [0.25, 0.3) is 4.85 Å². The van der Waals surface area contributed by atoms with Crippen LogP contribution < -0.4 is 5.32 Å². The van der Waals surface area contributed by atoms with Crippen molar-refractivity contribution in [2.24, 2.45) is 0 Å². The number of carbonyl (C=O) groups excluding carboxylic acids is 2. The molecule has 1 aromatic carbocycles. The standard InChI is InChI=1S/C13H13N3O5/c1-14-6-5-12(17)21-8-10-4-3-9(13(18)15-2)7-11(10)16(19)20/h3-4,7H,5-6,8H2,2H3,(H,15,18). The third-order valence-corrected chi connectivity index (χ3v) is 2.59. The summed E-state index contributed by atoms with van der Waals surface area (Å²) in [6.07, 6.45) is -0.0619. The fourth-order valence-electron chi connectivity index (χ4n) is 1.52. The molecule has 0 radical (unpaired) electrons. The Morgan fingerprint density at radius 3 is 2.76 bits per heavy atom. The monoisotopic (exact) mass is 291 g/mol. The molecule has 0 aromatic heterocycles. The molecule has 0 saturated carbocycles. The number of hydrogen-bond donors (Lipinski definition) is 1. The van der Waals surface area contributed by atoms with Crippen LogP contribution in [0.1, 0.15) is 22.3 Å². The minimum atomic E-state index is -0.644. The molecule has 0 bridgehead atoms. The second-order valence-corrected chi connectivity index (χ2v) is 3.97. The van der Waals surface area contributed by atoms with Gasteiger partial charge >= 0.3 is 5.97 Å². The fraction of sp³-hybridized carbons (Fsp3) is 0.308. The molecule has 0 fully saturated rings. The van der Waals surface area contributed by atoms with E-state index in [1.165, 1.54) is 19.2 Å². The minimum absolute atomic E-state index is 0.0105. The molecule has 0 atom stereocenters. The summed E-state index contributed by atoms with van der Waals surface area (Å²) < 4.78 is 4.86. The van der Waals surface area contributed by atoms with Gasteiger partial charge in [-0.3, -0.25) is 19.7 Å². The van der Waals surface area contributed by atoms with Crippen molar-refractivity contribution < 1.29 is 19.2 Å². The van der Waals surface area contributed by atoms with E-state index in [-0.39, 0.29) is 36.4 Å². The molecular formula is C13H13N3O5. The lowest BCUT2D eigenvalue weighted by Gasteiger charge is -2.06. The van der Waals surface area contributed by atoms with E-state index < -0.39 is 16.8 Å². The molecule has 1 aromatic rings. The molecule has 21 heavy (non-hydrogen) atoms. The van der Waals surface area contributed by atoms with E-state index in [0.717, 1.165) is 6.07 Å². The SMILES string of the molecule is [C-]#[N+]CCC(=O)OCc1ccc(C(=O)NC)cc1[N+](=O)[O-]. The Morgan fingerprint density at radius 2 is 2.19 bits per heavy atom. The Hall–Kier alpha value is -2.95. The molecule has 0 aliphatic rings. The number of nitro groups is 1. The van der Waals surface area contributed by atoms with Crippen LogP contribution in [0.5, 0.6) is 0 Å². The molecular weight excluding hydrogens is 278 g/mol. The molecule has 0 saturated heterocycles. The van der Waals surface area contributed by atoms with Crippen LogP contribution >= 0.6 is 0 Å². The van der Waals surface area contributed by atoms with E-state index in [1.807, 2.05) is 0 Å². The molecule has 0 spiro atoms. The first-order valence-corrected chi connectivity index (χ1v) is 5.97. The van der Waals surface area contributed by atoms with E-state index in [0.29, 0.717) is 0 Å².